The number of rotatable bonds is 5. The first-order chi connectivity index (χ1) is 11.2. The predicted octanol–water partition coefficient (Wildman–Crippen LogP) is 4.60. The Morgan fingerprint density at radius 2 is 1.83 bits per heavy atom. The average molecular weight is 334 g/mol. The van der Waals surface area contributed by atoms with Crippen molar-refractivity contribution in [1.82, 2.24) is 5.32 Å². The third kappa shape index (κ3) is 4.46. The Morgan fingerprint density at radius 1 is 1.09 bits per heavy atom. The molecule has 0 radical (unpaired) electrons. The molecule has 0 aliphatic carbocycles. The van der Waals surface area contributed by atoms with Crippen molar-refractivity contribution in [2.24, 2.45) is 5.92 Å². The van der Waals surface area contributed by atoms with Gasteiger partial charge in [0.2, 0.25) is 0 Å². The zero-order chi connectivity index (χ0) is 16.1. The van der Waals surface area contributed by atoms with E-state index in [0.29, 0.717) is 17.5 Å². The van der Waals surface area contributed by atoms with Crippen LogP contribution < -0.4 is 10.1 Å². The first kappa shape index (κ1) is 16.3. The molecule has 2 aromatic rings. The van der Waals surface area contributed by atoms with Crippen LogP contribution in [0.4, 0.5) is 4.39 Å². The Bertz CT molecular complexity index is 618. The molecule has 1 aliphatic rings. The van der Waals surface area contributed by atoms with Gasteiger partial charge in [0.15, 0.2) is 11.6 Å². The number of ether oxygens (including phenoxy) is 1. The van der Waals surface area contributed by atoms with E-state index >= 15 is 0 Å². The summed E-state index contributed by atoms with van der Waals surface area (Å²) in [6.07, 6.45) is 3.13. The van der Waals surface area contributed by atoms with Gasteiger partial charge >= 0.3 is 0 Å². The second-order valence-corrected chi connectivity index (χ2v) is 6.47. The molecule has 0 aromatic heterocycles. The molecular formula is C19H21ClFNO. The SMILES string of the molecule is Fc1cc(CC2CCNCC2)cc(Cl)c1OCc1ccccc1. The largest absolute Gasteiger partial charge is 0.484 e. The first-order valence-electron chi connectivity index (χ1n) is 8.08. The Labute approximate surface area is 141 Å². The molecule has 0 atom stereocenters. The molecule has 1 heterocycles. The van der Waals surface area contributed by atoms with Crippen molar-refractivity contribution in [1.29, 1.82) is 0 Å². The van der Waals surface area contributed by atoms with Gasteiger partial charge in [0.25, 0.3) is 0 Å². The van der Waals surface area contributed by atoms with Crippen LogP contribution in [-0.4, -0.2) is 13.1 Å². The van der Waals surface area contributed by atoms with Crippen molar-refractivity contribution in [3.63, 3.8) is 0 Å². The van der Waals surface area contributed by atoms with Gasteiger partial charge < -0.3 is 10.1 Å². The van der Waals surface area contributed by atoms with Gasteiger partial charge in [0.1, 0.15) is 6.61 Å². The van der Waals surface area contributed by atoms with Crippen LogP contribution in [0.1, 0.15) is 24.0 Å². The molecule has 122 valence electrons. The van der Waals surface area contributed by atoms with E-state index in [1.165, 1.54) is 0 Å². The summed E-state index contributed by atoms with van der Waals surface area (Å²) in [5.74, 6) is 0.366. The van der Waals surface area contributed by atoms with E-state index < -0.39 is 0 Å². The zero-order valence-electron chi connectivity index (χ0n) is 13.0. The van der Waals surface area contributed by atoms with Gasteiger partial charge in [0, 0.05) is 0 Å². The van der Waals surface area contributed by atoms with Gasteiger partial charge in [-0.15, -0.1) is 0 Å². The van der Waals surface area contributed by atoms with Gasteiger partial charge in [-0.1, -0.05) is 41.9 Å². The summed E-state index contributed by atoms with van der Waals surface area (Å²) in [6, 6.07) is 13.1. The molecule has 0 saturated carbocycles. The van der Waals surface area contributed by atoms with Gasteiger partial charge in [-0.3, -0.25) is 0 Å². The molecule has 2 nitrogen and oxygen atoms in total. The van der Waals surface area contributed by atoms with Gasteiger partial charge in [-0.05, 0) is 61.5 Å². The minimum Gasteiger partial charge on any atom is -0.484 e. The fourth-order valence-electron chi connectivity index (χ4n) is 3.02. The van der Waals surface area contributed by atoms with Crippen molar-refractivity contribution in [2.75, 3.05) is 13.1 Å². The predicted molar refractivity (Wildman–Crippen MR) is 91.5 cm³/mol. The third-order valence-corrected chi connectivity index (χ3v) is 4.55. The summed E-state index contributed by atoms with van der Waals surface area (Å²) in [7, 11) is 0. The van der Waals surface area contributed by atoms with Crippen molar-refractivity contribution < 1.29 is 9.13 Å². The minimum absolute atomic E-state index is 0.143. The minimum atomic E-state index is -0.377. The molecule has 0 amide bonds. The Kier molecular flexibility index (Phi) is 5.52. The summed E-state index contributed by atoms with van der Waals surface area (Å²) in [5, 5.41) is 3.70. The van der Waals surface area contributed by atoms with Crippen molar-refractivity contribution in [3.8, 4) is 5.75 Å². The lowest BCUT2D eigenvalue weighted by Gasteiger charge is -2.22. The topological polar surface area (TPSA) is 21.3 Å². The van der Waals surface area contributed by atoms with Crippen LogP contribution in [0.3, 0.4) is 0 Å². The molecule has 1 saturated heterocycles. The number of piperidine rings is 1. The van der Waals surface area contributed by atoms with E-state index in [1.807, 2.05) is 36.4 Å². The van der Waals surface area contributed by atoms with Crippen LogP contribution >= 0.6 is 11.6 Å². The lowest BCUT2D eigenvalue weighted by molar-refractivity contribution is 0.290. The van der Waals surface area contributed by atoms with Crippen LogP contribution in [0.25, 0.3) is 0 Å². The highest BCUT2D eigenvalue weighted by Crippen LogP contribution is 2.31. The quantitative estimate of drug-likeness (QED) is 0.863. The van der Waals surface area contributed by atoms with E-state index in [2.05, 4.69) is 5.32 Å². The maximum absolute atomic E-state index is 14.3. The van der Waals surface area contributed by atoms with Crippen LogP contribution in [0.5, 0.6) is 5.75 Å². The highest BCUT2D eigenvalue weighted by atomic mass is 35.5. The normalized spacial score (nSPS) is 15.6. The van der Waals surface area contributed by atoms with Gasteiger partial charge in [-0.2, -0.15) is 0 Å². The Hall–Kier alpha value is -1.58. The van der Waals surface area contributed by atoms with Crippen molar-refractivity contribution in [2.45, 2.75) is 25.9 Å². The number of nitrogens with one attached hydrogen (secondary N) is 1. The maximum Gasteiger partial charge on any atom is 0.174 e. The molecule has 23 heavy (non-hydrogen) atoms. The van der Waals surface area contributed by atoms with Gasteiger partial charge in [-0.25, -0.2) is 4.39 Å². The molecule has 0 bridgehead atoms. The summed E-state index contributed by atoms with van der Waals surface area (Å²) in [6.45, 7) is 2.39. The van der Waals surface area contributed by atoms with E-state index in [0.717, 1.165) is 43.5 Å². The molecule has 4 heteroatoms. The van der Waals surface area contributed by atoms with Crippen LogP contribution in [0.15, 0.2) is 42.5 Å². The molecule has 0 unspecified atom stereocenters. The summed E-state index contributed by atoms with van der Waals surface area (Å²) in [4.78, 5) is 0. The number of benzene rings is 2. The van der Waals surface area contributed by atoms with Crippen molar-refractivity contribution >= 4 is 11.6 Å². The third-order valence-electron chi connectivity index (χ3n) is 4.27. The van der Waals surface area contributed by atoms with Crippen LogP contribution in [0, 0.1) is 11.7 Å². The van der Waals surface area contributed by atoms with Crippen molar-refractivity contribution in [3.05, 3.63) is 64.4 Å². The molecular weight excluding hydrogens is 313 g/mol. The number of hydrogen-bond donors (Lipinski definition) is 1. The first-order valence-corrected chi connectivity index (χ1v) is 8.45. The summed E-state index contributed by atoms with van der Waals surface area (Å²) < 4.78 is 19.9. The second kappa shape index (κ2) is 7.80. The molecule has 1 aliphatic heterocycles. The Balaban J connectivity index is 1.67. The van der Waals surface area contributed by atoms with E-state index in [9.17, 15) is 4.39 Å². The van der Waals surface area contributed by atoms with Crippen LogP contribution in [0.2, 0.25) is 5.02 Å². The molecule has 0 spiro atoms. The van der Waals surface area contributed by atoms with E-state index in [-0.39, 0.29) is 11.6 Å². The number of hydrogen-bond acceptors (Lipinski definition) is 2. The number of halogens is 2. The highest BCUT2D eigenvalue weighted by molar-refractivity contribution is 6.32. The van der Waals surface area contributed by atoms with E-state index in [1.54, 1.807) is 6.07 Å². The highest BCUT2D eigenvalue weighted by Gasteiger charge is 2.17. The van der Waals surface area contributed by atoms with Crippen LogP contribution in [-0.2, 0) is 13.0 Å². The Morgan fingerprint density at radius 3 is 2.52 bits per heavy atom. The smallest absolute Gasteiger partial charge is 0.174 e. The average Bonchev–Trinajstić information content (AvgIpc) is 2.56. The summed E-state index contributed by atoms with van der Waals surface area (Å²) >= 11 is 6.24. The second-order valence-electron chi connectivity index (χ2n) is 6.06. The molecule has 2 aromatic carbocycles. The molecule has 1 N–H and O–H groups in total. The standard InChI is InChI=1S/C19H21ClFNO/c20-17-11-16(10-14-6-8-22-9-7-14)12-18(21)19(17)23-13-15-4-2-1-3-5-15/h1-5,11-12,14,22H,6-10,13H2. The summed E-state index contributed by atoms with van der Waals surface area (Å²) in [5.41, 5.74) is 1.94. The molecule has 3 rings (SSSR count). The maximum atomic E-state index is 14.3. The lowest BCUT2D eigenvalue weighted by Crippen LogP contribution is -2.28. The lowest BCUT2D eigenvalue weighted by atomic mass is 9.91. The fourth-order valence-corrected chi connectivity index (χ4v) is 3.30. The van der Waals surface area contributed by atoms with E-state index in [4.69, 9.17) is 16.3 Å². The molecule has 1 fully saturated rings. The zero-order valence-corrected chi connectivity index (χ0v) is 13.8. The monoisotopic (exact) mass is 333 g/mol. The fraction of sp³-hybridized carbons (Fsp3) is 0.368. The van der Waals surface area contributed by atoms with Gasteiger partial charge in [0.05, 0.1) is 5.02 Å².